The molecule has 1 atom stereocenters. The lowest BCUT2D eigenvalue weighted by atomic mass is 9.80. The third kappa shape index (κ3) is 1.21. The van der Waals surface area contributed by atoms with E-state index in [9.17, 15) is 4.79 Å². The zero-order chi connectivity index (χ0) is 7.61. The maximum absolute atomic E-state index is 11.2. The van der Waals surface area contributed by atoms with Gasteiger partial charge in [-0.3, -0.25) is 4.79 Å². The third-order valence-electron chi connectivity index (χ3n) is 2.46. The quantitative estimate of drug-likeness (QED) is 0.597. The molecule has 0 aliphatic heterocycles. The highest BCUT2D eigenvalue weighted by atomic mass is 16.1. The molecule has 2 heteroatoms. The molecule has 10 heavy (non-hydrogen) atoms. The highest BCUT2D eigenvalue weighted by Crippen LogP contribution is 2.24. The second kappa shape index (κ2) is 2.70. The molecule has 0 aromatic heterocycles. The largest absolute Gasteiger partial charge is 0.319 e. The summed E-state index contributed by atoms with van der Waals surface area (Å²) in [5.41, 5.74) is 5.39. The summed E-state index contributed by atoms with van der Waals surface area (Å²) in [6.45, 7) is 1.99. The van der Waals surface area contributed by atoms with E-state index in [4.69, 9.17) is 5.73 Å². The Morgan fingerprint density at radius 3 is 2.70 bits per heavy atom. The van der Waals surface area contributed by atoms with Crippen LogP contribution in [0.5, 0.6) is 0 Å². The molecule has 58 valence electrons. The summed E-state index contributed by atoms with van der Waals surface area (Å²) >= 11 is 0. The van der Waals surface area contributed by atoms with E-state index in [1.165, 1.54) is 0 Å². The zero-order valence-corrected chi connectivity index (χ0v) is 6.52. The number of Topliss-reactive ketones (excluding diaryl/α,β-unsaturated/α-hetero) is 1. The van der Waals surface area contributed by atoms with Crippen LogP contribution in [-0.4, -0.2) is 11.3 Å². The van der Waals surface area contributed by atoms with Gasteiger partial charge < -0.3 is 5.73 Å². The number of ketones is 1. The predicted molar refractivity (Wildman–Crippen MR) is 40.7 cm³/mol. The van der Waals surface area contributed by atoms with Crippen molar-refractivity contribution in [3.05, 3.63) is 0 Å². The molecule has 1 aliphatic carbocycles. The molecule has 1 saturated carbocycles. The first-order chi connectivity index (χ1) is 4.69. The first kappa shape index (κ1) is 7.73. The lowest BCUT2D eigenvalue weighted by Crippen LogP contribution is -2.49. The van der Waals surface area contributed by atoms with E-state index >= 15 is 0 Å². The number of hydrogen-bond donors (Lipinski definition) is 1. The van der Waals surface area contributed by atoms with Gasteiger partial charge in [0, 0.05) is 6.42 Å². The van der Waals surface area contributed by atoms with Crippen molar-refractivity contribution >= 4 is 5.78 Å². The molecular formula is C8H15NO. The Kier molecular flexibility index (Phi) is 2.09. The first-order valence-electron chi connectivity index (χ1n) is 4.01. The van der Waals surface area contributed by atoms with Crippen LogP contribution in [-0.2, 0) is 4.79 Å². The second-order valence-electron chi connectivity index (χ2n) is 3.14. The van der Waals surface area contributed by atoms with Crippen molar-refractivity contribution in [3.63, 3.8) is 0 Å². The number of nitrogens with two attached hydrogens (primary N) is 1. The van der Waals surface area contributed by atoms with E-state index < -0.39 is 5.54 Å². The van der Waals surface area contributed by atoms with E-state index in [2.05, 4.69) is 0 Å². The van der Waals surface area contributed by atoms with Gasteiger partial charge in [0.15, 0.2) is 5.78 Å². The van der Waals surface area contributed by atoms with Crippen molar-refractivity contribution in [1.82, 2.24) is 0 Å². The van der Waals surface area contributed by atoms with Gasteiger partial charge in [-0.2, -0.15) is 0 Å². The predicted octanol–water partition coefficient (Wildman–Crippen LogP) is 1.24. The number of carbonyl (C=O) groups excluding carboxylic acids is 1. The average molecular weight is 141 g/mol. The number of rotatable bonds is 1. The van der Waals surface area contributed by atoms with Crippen LogP contribution in [0.25, 0.3) is 0 Å². The van der Waals surface area contributed by atoms with Crippen LogP contribution in [0.15, 0.2) is 0 Å². The standard InChI is InChI=1S/C8H15NO/c1-2-8(9)6-4-3-5-7(8)10/h2-6,9H2,1H3. The molecule has 1 unspecified atom stereocenters. The molecular weight excluding hydrogens is 126 g/mol. The van der Waals surface area contributed by atoms with Crippen molar-refractivity contribution in [3.8, 4) is 0 Å². The lowest BCUT2D eigenvalue weighted by Gasteiger charge is -2.30. The molecule has 0 aromatic rings. The normalized spacial score (nSPS) is 34.4. The summed E-state index contributed by atoms with van der Waals surface area (Å²) in [4.78, 5) is 11.2. The zero-order valence-electron chi connectivity index (χ0n) is 6.52. The van der Waals surface area contributed by atoms with Gasteiger partial charge in [0.05, 0.1) is 5.54 Å². The molecule has 1 aliphatic rings. The lowest BCUT2D eigenvalue weighted by molar-refractivity contribution is -0.126. The molecule has 1 fully saturated rings. The fourth-order valence-electron chi connectivity index (χ4n) is 1.49. The minimum Gasteiger partial charge on any atom is -0.319 e. The van der Waals surface area contributed by atoms with E-state index in [-0.39, 0.29) is 5.78 Å². The van der Waals surface area contributed by atoms with E-state index in [1.54, 1.807) is 0 Å². The Bertz CT molecular complexity index is 144. The topological polar surface area (TPSA) is 43.1 Å². The van der Waals surface area contributed by atoms with E-state index in [0.29, 0.717) is 6.42 Å². The summed E-state index contributed by atoms with van der Waals surface area (Å²) in [6, 6.07) is 0. The molecule has 2 N–H and O–H groups in total. The number of hydrogen-bond acceptors (Lipinski definition) is 2. The van der Waals surface area contributed by atoms with E-state index in [0.717, 1.165) is 25.7 Å². The first-order valence-corrected chi connectivity index (χ1v) is 4.01. The molecule has 1 rings (SSSR count). The molecule has 0 saturated heterocycles. The van der Waals surface area contributed by atoms with Gasteiger partial charge in [-0.05, 0) is 19.3 Å². The summed E-state index contributed by atoms with van der Waals surface area (Å²) in [6.07, 6.45) is 4.55. The van der Waals surface area contributed by atoms with Crippen LogP contribution >= 0.6 is 0 Å². The summed E-state index contributed by atoms with van der Waals surface area (Å²) < 4.78 is 0. The van der Waals surface area contributed by atoms with Crippen LogP contribution in [0.2, 0.25) is 0 Å². The van der Waals surface area contributed by atoms with Gasteiger partial charge in [0.1, 0.15) is 0 Å². The highest BCUT2D eigenvalue weighted by molar-refractivity contribution is 5.88. The van der Waals surface area contributed by atoms with Crippen molar-refractivity contribution in [2.75, 3.05) is 0 Å². The fraction of sp³-hybridized carbons (Fsp3) is 0.875. The van der Waals surface area contributed by atoms with E-state index in [1.807, 2.05) is 6.92 Å². The van der Waals surface area contributed by atoms with Crippen molar-refractivity contribution in [1.29, 1.82) is 0 Å². The molecule has 0 radical (unpaired) electrons. The van der Waals surface area contributed by atoms with Crippen LogP contribution in [0, 0.1) is 0 Å². The van der Waals surface area contributed by atoms with Gasteiger partial charge in [-0.1, -0.05) is 13.3 Å². The Morgan fingerprint density at radius 2 is 2.30 bits per heavy atom. The Morgan fingerprint density at radius 1 is 1.60 bits per heavy atom. The number of carbonyl (C=O) groups is 1. The smallest absolute Gasteiger partial charge is 0.152 e. The maximum atomic E-state index is 11.2. The van der Waals surface area contributed by atoms with Crippen molar-refractivity contribution in [2.45, 2.75) is 44.6 Å². The Hall–Kier alpha value is -0.370. The molecule has 0 bridgehead atoms. The molecule has 2 nitrogen and oxygen atoms in total. The minimum absolute atomic E-state index is 0.265. The van der Waals surface area contributed by atoms with Crippen LogP contribution in [0.3, 0.4) is 0 Å². The van der Waals surface area contributed by atoms with Crippen molar-refractivity contribution < 1.29 is 4.79 Å². The monoisotopic (exact) mass is 141 g/mol. The average Bonchev–Trinajstić information content (AvgIpc) is 1.96. The maximum Gasteiger partial charge on any atom is 0.152 e. The molecule has 0 heterocycles. The summed E-state index contributed by atoms with van der Waals surface area (Å²) in [5.74, 6) is 0.265. The molecule has 0 amide bonds. The van der Waals surface area contributed by atoms with Gasteiger partial charge in [0.2, 0.25) is 0 Å². The summed E-state index contributed by atoms with van der Waals surface area (Å²) in [7, 11) is 0. The fourth-order valence-corrected chi connectivity index (χ4v) is 1.49. The van der Waals surface area contributed by atoms with Crippen LogP contribution in [0.1, 0.15) is 39.0 Å². The van der Waals surface area contributed by atoms with Gasteiger partial charge in [0.25, 0.3) is 0 Å². The van der Waals surface area contributed by atoms with Gasteiger partial charge >= 0.3 is 0 Å². The Labute approximate surface area is 61.8 Å². The van der Waals surface area contributed by atoms with Gasteiger partial charge in [-0.25, -0.2) is 0 Å². The molecule has 0 spiro atoms. The van der Waals surface area contributed by atoms with Crippen LogP contribution in [0.4, 0.5) is 0 Å². The second-order valence-corrected chi connectivity index (χ2v) is 3.14. The SMILES string of the molecule is CCC1(N)CCCCC1=O. The van der Waals surface area contributed by atoms with Crippen molar-refractivity contribution in [2.24, 2.45) is 5.73 Å². The highest BCUT2D eigenvalue weighted by Gasteiger charge is 2.33. The molecule has 0 aromatic carbocycles. The van der Waals surface area contributed by atoms with Crippen LogP contribution < -0.4 is 5.73 Å². The summed E-state index contributed by atoms with van der Waals surface area (Å²) in [5, 5.41) is 0. The minimum atomic E-state index is -0.460. The third-order valence-corrected chi connectivity index (χ3v) is 2.46. The van der Waals surface area contributed by atoms with Gasteiger partial charge in [-0.15, -0.1) is 0 Å². The Balaban J connectivity index is 2.63.